The van der Waals surface area contributed by atoms with Gasteiger partial charge in [0.2, 0.25) is 5.91 Å². The van der Waals surface area contributed by atoms with E-state index in [4.69, 9.17) is 10.2 Å². The van der Waals surface area contributed by atoms with E-state index in [9.17, 15) is 19.5 Å². The Balaban J connectivity index is 4.39. The van der Waals surface area contributed by atoms with E-state index in [1.807, 2.05) is 6.92 Å². The topological polar surface area (TPSA) is 124 Å². The van der Waals surface area contributed by atoms with Gasteiger partial charge < -0.3 is 20.6 Å². The van der Waals surface area contributed by atoms with Crippen molar-refractivity contribution in [3.8, 4) is 0 Å². The van der Waals surface area contributed by atoms with E-state index in [0.29, 0.717) is 12.8 Å². The van der Waals surface area contributed by atoms with E-state index in [-0.39, 0.29) is 19.3 Å². The number of amides is 1. The van der Waals surface area contributed by atoms with Crippen molar-refractivity contribution in [2.24, 2.45) is 0 Å². The number of rotatable bonds is 9. The van der Waals surface area contributed by atoms with E-state index in [1.54, 1.807) is 0 Å². The maximum atomic E-state index is 11.6. The van der Waals surface area contributed by atoms with Crippen LogP contribution in [0.15, 0.2) is 0 Å². The first-order valence-electron chi connectivity index (χ1n) is 6.14. The van der Waals surface area contributed by atoms with Gasteiger partial charge in [0.25, 0.3) is 0 Å². The summed E-state index contributed by atoms with van der Waals surface area (Å²) < 4.78 is 0. The molecule has 1 unspecified atom stereocenters. The number of hydrogen-bond donors (Lipinski definition) is 4. The van der Waals surface area contributed by atoms with E-state index in [1.165, 1.54) is 6.92 Å². The molecule has 0 aliphatic carbocycles. The van der Waals surface area contributed by atoms with E-state index in [2.05, 4.69) is 5.32 Å². The zero-order valence-electron chi connectivity index (χ0n) is 11.2. The summed E-state index contributed by atoms with van der Waals surface area (Å²) >= 11 is 0. The van der Waals surface area contributed by atoms with Crippen molar-refractivity contribution in [1.82, 2.24) is 5.32 Å². The quantitative estimate of drug-likeness (QED) is 0.481. The first kappa shape index (κ1) is 17.4. The van der Waals surface area contributed by atoms with Crippen molar-refractivity contribution in [2.45, 2.75) is 57.6 Å². The van der Waals surface area contributed by atoms with Crippen LogP contribution in [-0.4, -0.2) is 44.8 Å². The van der Waals surface area contributed by atoms with Crippen LogP contribution < -0.4 is 5.32 Å². The summed E-state index contributed by atoms with van der Waals surface area (Å²) in [6, 6.07) is -1.25. The number of hydrogen-bond acceptors (Lipinski definition) is 4. The van der Waals surface area contributed by atoms with Gasteiger partial charge in [-0.25, -0.2) is 4.79 Å². The summed E-state index contributed by atoms with van der Waals surface area (Å²) in [5.41, 5.74) is -1.19. The van der Waals surface area contributed by atoms with Crippen LogP contribution in [0.5, 0.6) is 0 Å². The molecule has 0 radical (unpaired) electrons. The van der Waals surface area contributed by atoms with Gasteiger partial charge in [0, 0.05) is 6.42 Å². The van der Waals surface area contributed by atoms with Crippen molar-refractivity contribution in [3.63, 3.8) is 0 Å². The van der Waals surface area contributed by atoms with E-state index in [0.717, 1.165) is 0 Å². The molecule has 7 heteroatoms. The molecule has 1 amide bonds. The van der Waals surface area contributed by atoms with Crippen LogP contribution in [0.25, 0.3) is 0 Å². The van der Waals surface area contributed by atoms with Crippen molar-refractivity contribution in [1.29, 1.82) is 0 Å². The molecule has 7 nitrogen and oxygen atoms in total. The molecule has 0 spiro atoms. The number of carboxylic acid groups (broad SMARTS) is 2. The molecule has 0 aromatic heterocycles. The Morgan fingerprint density at radius 1 is 1.26 bits per heavy atom. The molecule has 2 atom stereocenters. The lowest BCUT2D eigenvalue weighted by Crippen LogP contribution is -2.44. The lowest BCUT2D eigenvalue weighted by atomic mass is 9.96. The zero-order valence-corrected chi connectivity index (χ0v) is 11.2. The standard InChI is InChI=1S/C12H21NO6/c1-3-6-12(2,19)7-9(14)13-8(11(17)18)4-5-10(15)16/h8,19H,3-7H2,1-2H3,(H,13,14)(H,15,16)(H,17,18)/t8-,12?/m0/s1. The van der Waals surface area contributed by atoms with Crippen molar-refractivity contribution in [2.75, 3.05) is 0 Å². The van der Waals surface area contributed by atoms with Gasteiger partial charge >= 0.3 is 11.9 Å². The number of aliphatic carboxylic acids is 2. The minimum Gasteiger partial charge on any atom is -0.481 e. The average Bonchev–Trinajstić information content (AvgIpc) is 2.22. The van der Waals surface area contributed by atoms with E-state index >= 15 is 0 Å². The van der Waals surface area contributed by atoms with Crippen LogP contribution in [0.4, 0.5) is 0 Å². The molecule has 0 saturated heterocycles. The summed E-state index contributed by atoms with van der Waals surface area (Å²) in [5, 5.41) is 29.4. The normalized spacial score (nSPS) is 15.3. The third-order valence-corrected chi connectivity index (χ3v) is 2.61. The lowest BCUT2D eigenvalue weighted by molar-refractivity contribution is -0.143. The molecule has 0 aliphatic heterocycles. The highest BCUT2D eigenvalue weighted by molar-refractivity contribution is 5.84. The van der Waals surface area contributed by atoms with Crippen LogP contribution in [0.1, 0.15) is 46.0 Å². The highest BCUT2D eigenvalue weighted by Crippen LogP contribution is 2.16. The first-order chi connectivity index (χ1) is 8.68. The molecule has 0 aromatic rings. The SMILES string of the molecule is CCCC(C)(O)CC(=O)N[C@@H](CCC(=O)O)C(=O)O. The summed E-state index contributed by atoms with van der Waals surface area (Å²) in [5.74, 6) is -3.01. The molecule has 0 aliphatic rings. The van der Waals surface area contributed by atoms with Gasteiger partial charge in [-0.2, -0.15) is 0 Å². The third-order valence-electron chi connectivity index (χ3n) is 2.61. The molecule has 19 heavy (non-hydrogen) atoms. The fourth-order valence-corrected chi connectivity index (χ4v) is 1.74. The maximum absolute atomic E-state index is 11.6. The van der Waals surface area contributed by atoms with Crippen molar-refractivity contribution < 1.29 is 29.7 Å². The highest BCUT2D eigenvalue weighted by Gasteiger charge is 2.27. The molecule has 4 N–H and O–H groups in total. The number of carboxylic acids is 2. The van der Waals surface area contributed by atoms with Gasteiger partial charge in [0.1, 0.15) is 6.04 Å². The largest absolute Gasteiger partial charge is 0.481 e. The van der Waals surface area contributed by atoms with Crippen LogP contribution in [-0.2, 0) is 14.4 Å². The van der Waals surface area contributed by atoms with Crippen LogP contribution >= 0.6 is 0 Å². The Labute approximate surface area is 111 Å². The molecule has 0 saturated carbocycles. The fraction of sp³-hybridized carbons (Fsp3) is 0.750. The summed E-state index contributed by atoms with van der Waals surface area (Å²) in [4.78, 5) is 32.9. The molecule has 0 heterocycles. The van der Waals surface area contributed by atoms with Gasteiger partial charge in [-0.15, -0.1) is 0 Å². The van der Waals surface area contributed by atoms with Gasteiger partial charge in [0.05, 0.1) is 12.0 Å². The second kappa shape index (κ2) is 7.73. The van der Waals surface area contributed by atoms with Crippen molar-refractivity contribution in [3.05, 3.63) is 0 Å². The summed E-state index contributed by atoms with van der Waals surface area (Å²) in [6.45, 7) is 3.36. The van der Waals surface area contributed by atoms with Gasteiger partial charge in [-0.1, -0.05) is 13.3 Å². The maximum Gasteiger partial charge on any atom is 0.326 e. The van der Waals surface area contributed by atoms with Crippen LogP contribution in [0.3, 0.4) is 0 Å². The van der Waals surface area contributed by atoms with Gasteiger partial charge in [-0.05, 0) is 19.8 Å². The number of aliphatic hydroxyl groups is 1. The molecular weight excluding hydrogens is 254 g/mol. The number of carbonyl (C=O) groups excluding carboxylic acids is 1. The second-order valence-electron chi connectivity index (χ2n) is 4.81. The third kappa shape index (κ3) is 8.15. The Morgan fingerprint density at radius 2 is 1.84 bits per heavy atom. The fourth-order valence-electron chi connectivity index (χ4n) is 1.74. The Morgan fingerprint density at radius 3 is 2.26 bits per heavy atom. The van der Waals surface area contributed by atoms with E-state index < -0.39 is 29.5 Å². The highest BCUT2D eigenvalue weighted by atomic mass is 16.4. The second-order valence-corrected chi connectivity index (χ2v) is 4.81. The van der Waals surface area contributed by atoms with Gasteiger partial charge in [0.15, 0.2) is 0 Å². The minimum atomic E-state index is -1.29. The molecule has 110 valence electrons. The average molecular weight is 275 g/mol. The monoisotopic (exact) mass is 275 g/mol. The summed E-state index contributed by atoms with van der Waals surface area (Å²) in [6.07, 6.45) is 0.377. The molecule has 0 bridgehead atoms. The van der Waals surface area contributed by atoms with Crippen molar-refractivity contribution >= 4 is 17.8 Å². The molecular formula is C12H21NO6. The van der Waals surface area contributed by atoms with Crippen LogP contribution in [0.2, 0.25) is 0 Å². The molecule has 0 rings (SSSR count). The number of carbonyl (C=O) groups is 3. The molecule has 0 fully saturated rings. The summed E-state index contributed by atoms with van der Waals surface area (Å²) in [7, 11) is 0. The number of nitrogens with one attached hydrogen (secondary N) is 1. The van der Waals surface area contributed by atoms with Gasteiger partial charge in [-0.3, -0.25) is 9.59 Å². The first-order valence-corrected chi connectivity index (χ1v) is 6.14. The smallest absolute Gasteiger partial charge is 0.326 e. The zero-order chi connectivity index (χ0) is 15.1. The Bertz CT molecular complexity index is 339. The predicted molar refractivity (Wildman–Crippen MR) is 66.6 cm³/mol. The predicted octanol–water partition coefficient (Wildman–Crippen LogP) is 0.362. The van der Waals surface area contributed by atoms with Crippen LogP contribution in [0, 0.1) is 0 Å². The Kier molecular flexibility index (Phi) is 7.06. The molecule has 0 aromatic carbocycles. The Hall–Kier alpha value is -1.63. The minimum absolute atomic E-state index is 0.188. The lowest BCUT2D eigenvalue weighted by Gasteiger charge is -2.23.